The van der Waals surface area contributed by atoms with Gasteiger partial charge in [0.05, 0.1) is 12.0 Å². The van der Waals surface area contributed by atoms with Gasteiger partial charge in [-0.2, -0.15) is 0 Å². The Bertz CT molecular complexity index is 1100. The van der Waals surface area contributed by atoms with Crippen LogP contribution in [0, 0.1) is 37.0 Å². The van der Waals surface area contributed by atoms with E-state index < -0.39 is 5.97 Å². The topological polar surface area (TPSA) is 122 Å². The highest BCUT2D eigenvalue weighted by atomic mass is 16.4. The van der Waals surface area contributed by atoms with Crippen LogP contribution < -0.4 is 10.2 Å². The number of aromatic nitrogens is 2. The maximum atomic E-state index is 11.5. The SMILES string of the molecule is Cc1nc(Nc2cc(C3CCC(O)CC3)c(C)cc2C=N)cc(N2CC3CC(C2)C3C(=O)O)n1. The molecule has 6 rings (SSSR count). The van der Waals surface area contributed by atoms with Crippen LogP contribution in [0.4, 0.5) is 17.3 Å². The first-order valence-corrected chi connectivity index (χ1v) is 12.3. The van der Waals surface area contributed by atoms with Crippen molar-refractivity contribution < 1.29 is 15.0 Å². The van der Waals surface area contributed by atoms with Crippen LogP contribution in [0.25, 0.3) is 0 Å². The van der Waals surface area contributed by atoms with Crippen molar-refractivity contribution >= 4 is 29.5 Å². The average Bonchev–Trinajstić information content (AvgIpc) is 2.80. The number of piperidine rings is 2. The third kappa shape index (κ3) is 4.27. The van der Waals surface area contributed by atoms with Gasteiger partial charge in [-0.05, 0) is 87.0 Å². The van der Waals surface area contributed by atoms with E-state index in [-0.39, 0.29) is 23.9 Å². The highest BCUT2D eigenvalue weighted by Gasteiger charge is 2.50. The number of carboxylic acid groups (broad SMARTS) is 1. The summed E-state index contributed by atoms with van der Waals surface area (Å²) < 4.78 is 0. The number of carbonyl (C=O) groups is 1. The van der Waals surface area contributed by atoms with Crippen molar-refractivity contribution in [1.29, 1.82) is 5.41 Å². The van der Waals surface area contributed by atoms with Crippen LogP contribution in [0.1, 0.15) is 60.5 Å². The number of nitrogens with zero attached hydrogens (tertiary/aromatic N) is 3. The van der Waals surface area contributed by atoms with Gasteiger partial charge in [0.2, 0.25) is 0 Å². The molecule has 1 aromatic heterocycles. The van der Waals surface area contributed by atoms with Crippen LogP contribution in [0.5, 0.6) is 0 Å². The number of fused-ring (bicyclic) bond motifs is 2. The molecule has 0 amide bonds. The molecule has 0 radical (unpaired) electrons. The number of hydrogen-bond acceptors (Lipinski definition) is 7. The van der Waals surface area contributed by atoms with Gasteiger partial charge < -0.3 is 25.8 Å². The number of nitrogens with one attached hydrogen (secondary N) is 2. The van der Waals surface area contributed by atoms with E-state index in [4.69, 9.17) is 5.41 Å². The molecule has 180 valence electrons. The Hall–Kier alpha value is -3.00. The second kappa shape index (κ2) is 8.98. The lowest BCUT2D eigenvalue weighted by Gasteiger charge is -2.52. The first-order chi connectivity index (χ1) is 16.3. The van der Waals surface area contributed by atoms with Gasteiger partial charge in [0.1, 0.15) is 17.5 Å². The first-order valence-electron chi connectivity index (χ1n) is 12.3. The number of aliphatic carboxylic acids is 1. The van der Waals surface area contributed by atoms with Gasteiger partial charge in [-0.3, -0.25) is 4.79 Å². The minimum Gasteiger partial charge on any atom is -0.481 e. The summed E-state index contributed by atoms with van der Waals surface area (Å²) in [6, 6.07) is 6.12. The van der Waals surface area contributed by atoms with Gasteiger partial charge >= 0.3 is 5.97 Å². The van der Waals surface area contributed by atoms with Gasteiger partial charge in [0.25, 0.3) is 0 Å². The monoisotopic (exact) mass is 463 g/mol. The molecule has 2 atom stereocenters. The van der Waals surface area contributed by atoms with E-state index >= 15 is 0 Å². The Kier molecular flexibility index (Phi) is 6.02. The molecule has 2 saturated heterocycles. The molecule has 3 heterocycles. The van der Waals surface area contributed by atoms with Crippen molar-refractivity contribution in [3.05, 3.63) is 40.7 Å². The van der Waals surface area contributed by atoms with Gasteiger partial charge in [-0.25, -0.2) is 9.97 Å². The third-order valence-corrected chi connectivity index (χ3v) is 7.96. The molecule has 2 aromatic rings. The van der Waals surface area contributed by atoms with Crippen LogP contribution >= 0.6 is 0 Å². The van der Waals surface area contributed by atoms with Crippen molar-refractivity contribution in [1.82, 2.24) is 9.97 Å². The minimum absolute atomic E-state index is 0.182. The average molecular weight is 464 g/mol. The number of benzene rings is 1. The number of aryl methyl sites for hydroxylation is 2. The van der Waals surface area contributed by atoms with E-state index in [9.17, 15) is 15.0 Å². The largest absolute Gasteiger partial charge is 0.481 e. The Morgan fingerprint density at radius 3 is 2.47 bits per heavy atom. The summed E-state index contributed by atoms with van der Waals surface area (Å²) in [7, 11) is 0. The molecule has 2 saturated carbocycles. The zero-order chi connectivity index (χ0) is 24.0. The van der Waals surface area contributed by atoms with Crippen molar-refractivity contribution in [3.8, 4) is 0 Å². The van der Waals surface area contributed by atoms with Crippen molar-refractivity contribution in [3.63, 3.8) is 0 Å². The number of aliphatic hydroxyl groups excluding tert-OH is 1. The molecule has 0 spiro atoms. The lowest BCUT2D eigenvalue weighted by atomic mass is 9.61. The predicted octanol–water partition coefficient (Wildman–Crippen LogP) is 4.01. The Morgan fingerprint density at radius 2 is 1.82 bits per heavy atom. The fourth-order valence-electron chi connectivity index (χ4n) is 6.20. The fourth-order valence-corrected chi connectivity index (χ4v) is 6.20. The van der Waals surface area contributed by atoms with Gasteiger partial charge in [-0.1, -0.05) is 0 Å². The van der Waals surface area contributed by atoms with E-state index in [1.165, 1.54) is 17.3 Å². The first kappa shape index (κ1) is 22.8. The summed E-state index contributed by atoms with van der Waals surface area (Å²) in [6.07, 6.45) is 5.75. The smallest absolute Gasteiger partial charge is 0.307 e. The molecule has 2 aliphatic heterocycles. The predicted molar refractivity (Wildman–Crippen MR) is 131 cm³/mol. The van der Waals surface area contributed by atoms with Gasteiger partial charge in [-0.15, -0.1) is 0 Å². The number of carboxylic acids is 1. The Morgan fingerprint density at radius 1 is 1.12 bits per heavy atom. The van der Waals surface area contributed by atoms with E-state index in [1.807, 2.05) is 13.0 Å². The van der Waals surface area contributed by atoms with Crippen LogP contribution in [0.2, 0.25) is 0 Å². The number of hydrogen-bond donors (Lipinski definition) is 4. The quantitative estimate of drug-likeness (QED) is 0.477. The molecule has 4 N–H and O–H groups in total. The van der Waals surface area contributed by atoms with Gasteiger partial charge in [0, 0.05) is 36.6 Å². The van der Waals surface area contributed by atoms with Crippen molar-refractivity contribution in [2.75, 3.05) is 23.3 Å². The van der Waals surface area contributed by atoms with Crippen molar-refractivity contribution in [2.24, 2.45) is 17.8 Å². The number of aliphatic hydroxyl groups is 1. The Labute approximate surface area is 199 Å². The Balaban J connectivity index is 1.39. The molecule has 2 unspecified atom stereocenters. The zero-order valence-electron chi connectivity index (χ0n) is 19.8. The summed E-state index contributed by atoms with van der Waals surface area (Å²) in [5.74, 6) is 2.02. The van der Waals surface area contributed by atoms with E-state index in [1.54, 1.807) is 0 Å². The van der Waals surface area contributed by atoms with Crippen LogP contribution in [0.3, 0.4) is 0 Å². The van der Waals surface area contributed by atoms with E-state index in [0.29, 0.717) is 30.6 Å². The molecular formula is C26H33N5O3. The summed E-state index contributed by atoms with van der Waals surface area (Å²) in [6.45, 7) is 5.37. The standard InChI is InChI=1S/C26H33N5O3/c1-14-7-17(11-27)22(9-21(14)16-3-5-20(32)6-4-16)30-23-10-24(29-15(2)28-23)31-12-18-8-19(13-31)25(18)26(33)34/h7,9-11,16,18-20,25,27,32H,3-6,8,12-13H2,1-2H3,(H,33,34)(H,28,29,30). The molecule has 8 heteroatoms. The molecule has 4 fully saturated rings. The third-order valence-electron chi connectivity index (χ3n) is 7.96. The highest BCUT2D eigenvalue weighted by molar-refractivity contribution is 5.88. The highest BCUT2D eigenvalue weighted by Crippen LogP contribution is 2.46. The maximum Gasteiger partial charge on any atom is 0.307 e. The normalized spacial score (nSPS) is 28.2. The van der Waals surface area contributed by atoms with E-state index in [0.717, 1.165) is 49.2 Å². The van der Waals surface area contributed by atoms with Crippen LogP contribution in [0.15, 0.2) is 18.2 Å². The molecule has 2 aliphatic carbocycles. The maximum absolute atomic E-state index is 11.5. The summed E-state index contributed by atoms with van der Waals surface area (Å²) >= 11 is 0. The summed E-state index contributed by atoms with van der Waals surface area (Å²) in [5, 5.41) is 30.7. The zero-order valence-corrected chi connectivity index (χ0v) is 19.8. The molecular weight excluding hydrogens is 430 g/mol. The number of rotatable bonds is 6. The fraction of sp³-hybridized carbons (Fsp3) is 0.538. The lowest BCUT2D eigenvalue weighted by Crippen LogP contribution is -2.58. The van der Waals surface area contributed by atoms with Gasteiger partial charge in [0.15, 0.2) is 0 Å². The molecule has 4 aliphatic rings. The molecule has 2 bridgehead atoms. The van der Waals surface area contributed by atoms with Crippen molar-refractivity contribution in [2.45, 2.75) is 58.0 Å². The number of anilines is 3. The second-order valence-corrected chi connectivity index (χ2v) is 10.3. The molecule has 34 heavy (non-hydrogen) atoms. The molecule has 8 nitrogen and oxygen atoms in total. The second-order valence-electron chi connectivity index (χ2n) is 10.3. The summed E-state index contributed by atoms with van der Waals surface area (Å²) in [5.41, 5.74) is 4.09. The van der Waals surface area contributed by atoms with Crippen LogP contribution in [-0.4, -0.2) is 51.6 Å². The summed E-state index contributed by atoms with van der Waals surface area (Å²) in [4.78, 5) is 22.9. The van der Waals surface area contributed by atoms with Crippen LogP contribution in [-0.2, 0) is 4.79 Å². The minimum atomic E-state index is -0.677. The lowest BCUT2D eigenvalue weighted by molar-refractivity contribution is -0.153. The molecule has 1 aromatic carbocycles. The van der Waals surface area contributed by atoms with E-state index in [2.05, 4.69) is 39.2 Å².